The van der Waals surface area contributed by atoms with E-state index in [4.69, 9.17) is 27.9 Å². The maximum atomic E-state index is 11.6. The zero-order valence-electron chi connectivity index (χ0n) is 10.4. The van der Waals surface area contributed by atoms with Crippen LogP contribution in [0, 0.1) is 5.92 Å². The van der Waals surface area contributed by atoms with Gasteiger partial charge >= 0.3 is 0 Å². The summed E-state index contributed by atoms with van der Waals surface area (Å²) in [5.74, 6) is -0.0344. The van der Waals surface area contributed by atoms with Gasteiger partial charge in [0, 0.05) is 22.6 Å². The second-order valence-corrected chi connectivity index (χ2v) is 5.32. The largest absolute Gasteiger partial charge is 0.381 e. The summed E-state index contributed by atoms with van der Waals surface area (Å²) in [4.78, 5) is 11.6. The van der Waals surface area contributed by atoms with E-state index in [9.17, 15) is 4.79 Å². The Bertz CT molecular complexity index is 484. The second-order valence-electron chi connectivity index (χ2n) is 4.48. The van der Waals surface area contributed by atoms with Crippen molar-refractivity contribution < 1.29 is 9.53 Å². The standard InChI is InChI=1S/C14H15Cl2NO2/c1-2-13(18)17-14(9-5-6-19-8-9)11-7-10(15)3-4-12(11)16/h2-4,7,9,14H,1,5-6,8H2,(H,17,18)/t9-,14-/m0/s1. The quantitative estimate of drug-likeness (QED) is 0.866. The Hall–Kier alpha value is -1.03. The molecule has 1 aliphatic rings. The van der Waals surface area contributed by atoms with E-state index in [1.165, 1.54) is 6.08 Å². The lowest BCUT2D eigenvalue weighted by molar-refractivity contribution is -0.117. The average molecular weight is 300 g/mol. The number of nitrogens with one attached hydrogen (secondary N) is 1. The molecule has 1 saturated heterocycles. The summed E-state index contributed by atoms with van der Waals surface area (Å²) >= 11 is 12.2. The summed E-state index contributed by atoms with van der Waals surface area (Å²) in [7, 11) is 0. The van der Waals surface area contributed by atoms with Gasteiger partial charge in [0.25, 0.3) is 0 Å². The lowest BCUT2D eigenvalue weighted by atomic mass is 9.92. The van der Waals surface area contributed by atoms with Gasteiger partial charge < -0.3 is 10.1 Å². The van der Waals surface area contributed by atoms with Crippen LogP contribution in [0.15, 0.2) is 30.9 Å². The van der Waals surface area contributed by atoms with E-state index < -0.39 is 0 Å². The minimum absolute atomic E-state index is 0.194. The smallest absolute Gasteiger partial charge is 0.243 e. The van der Waals surface area contributed by atoms with Gasteiger partial charge in [-0.3, -0.25) is 4.79 Å². The van der Waals surface area contributed by atoms with Crippen molar-refractivity contribution in [3.05, 3.63) is 46.5 Å². The third kappa shape index (κ3) is 3.50. The van der Waals surface area contributed by atoms with Crippen molar-refractivity contribution in [3.63, 3.8) is 0 Å². The van der Waals surface area contributed by atoms with E-state index >= 15 is 0 Å². The van der Waals surface area contributed by atoms with Crippen LogP contribution >= 0.6 is 23.2 Å². The molecule has 1 fully saturated rings. The molecule has 102 valence electrons. The number of hydrogen-bond donors (Lipinski definition) is 1. The molecule has 1 aliphatic heterocycles. The molecule has 1 aromatic carbocycles. The van der Waals surface area contributed by atoms with E-state index in [0.29, 0.717) is 23.3 Å². The van der Waals surface area contributed by atoms with Gasteiger partial charge in [0.05, 0.1) is 12.6 Å². The van der Waals surface area contributed by atoms with Crippen LogP contribution in [-0.2, 0) is 9.53 Å². The first-order chi connectivity index (χ1) is 9.11. The SMILES string of the molecule is C=CC(=O)N[C@H](c1cc(Cl)ccc1Cl)[C@H]1CCOC1. The van der Waals surface area contributed by atoms with Gasteiger partial charge in [0.2, 0.25) is 5.91 Å². The molecule has 0 aromatic heterocycles. The van der Waals surface area contributed by atoms with Crippen molar-refractivity contribution in [3.8, 4) is 0 Å². The molecule has 0 radical (unpaired) electrons. The maximum Gasteiger partial charge on any atom is 0.243 e. The summed E-state index contributed by atoms with van der Waals surface area (Å²) in [6, 6.07) is 5.04. The zero-order chi connectivity index (χ0) is 13.8. The van der Waals surface area contributed by atoms with Gasteiger partial charge in [-0.05, 0) is 36.3 Å². The predicted molar refractivity (Wildman–Crippen MR) is 76.5 cm³/mol. The Morgan fingerprint density at radius 3 is 2.95 bits per heavy atom. The molecular weight excluding hydrogens is 285 g/mol. The van der Waals surface area contributed by atoms with Gasteiger partial charge in [0.1, 0.15) is 0 Å². The zero-order valence-corrected chi connectivity index (χ0v) is 11.9. The van der Waals surface area contributed by atoms with Crippen LogP contribution < -0.4 is 5.32 Å². The van der Waals surface area contributed by atoms with Crippen LogP contribution in [0.5, 0.6) is 0 Å². The Morgan fingerprint density at radius 2 is 2.32 bits per heavy atom. The monoisotopic (exact) mass is 299 g/mol. The molecule has 1 heterocycles. The summed E-state index contributed by atoms with van der Waals surface area (Å²) in [6.07, 6.45) is 2.13. The molecule has 2 atom stereocenters. The fourth-order valence-corrected chi connectivity index (χ4v) is 2.65. The molecule has 19 heavy (non-hydrogen) atoms. The number of hydrogen-bond acceptors (Lipinski definition) is 2. The molecule has 1 aromatic rings. The van der Waals surface area contributed by atoms with Gasteiger partial charge in [-0.15, -0.1) is 0 Å². The fourth-order valence-electron chi connectivity index (χ4n) is 2.23. The molecule has 0 spiro atoms. The third-order valence-electron chi connectivity index (χ3n) is 3.21. The highest BCUT2D eigenvalue weighted by molar-refractivity contribution is 6.33. The van der Waals surface area contributed by atoms with E-state index in [-0.39, 0.29) is 17.9 Å². The number of amides is 1. The van der Waals surface area contributed by atoms with Crippen LogP contribution in [0.1, 0.15) is 18.0 Å². The van der Waals surface area contributed by atoms with Crippen LogP contribution in [0.25, 0.3) is 0 Å². The van der Waals surface area contributed by atoms with Gasteiger partial charge in [0.15, 0.2) is 0 Å². The molecule has 3 nitrogen and oxygen atoms in total. The number of halogens is 2. The van der Waals surface area contributed by atoms with E-state index in [1.807, 2.05) is 0 Å². The Kier molecular flexibility index (Phi) is 4.86. The van der Waals surface area contributed by atoms with Crippen LogP contribution in [0.2, 0.25) is 10.0 Å². The minimum Gasteiger partial charge on any atom is -0.381 e. The van der Waals surface area contributed by atoms with Crippen LogP contribution in [0.3, 0.4) is 0 Å². The highest BCUT2D eigenvalue weighted by Gasteiger charge is 2.29. The summed E-state index contributed by atoms with van der Waals surface area (Å²) in [6.45, 7) is 4.77. The first kappa shape index (κ1) is 14.4. The Balaban J connectivity index is 2.32. The van der Waals surface area contributed by atoms with Gasteiger partial charge in [-0.25, -0.2) is 0 Å². The predicted octanol–water partition coefficient (Wildman–Crippen LogP) is 3.37. The topological polar surface area (TPSA) is 38.3 Å². The molecule has 1 N–H and O–H groups in total. The number of carbonyl (C=O) groups is 1. The van der Waals surface area contributed by atoms with Crippen molar-refractivity contribution in [1.82, 2.24) is 5.32 Å². The molecular formula is C14H15Cl2NO2. The Morgan fingerprint density at radius 1 is 1.53 bits per heavy atom. The number of rotatable bonds is 4. The van der Waals surface area contributed by atoms with Gasteiger partial charge in [-0.2, -0.15) is 0 Å². The highest BCUT2D eigenvalue weighted by atomic mass is 35.5. The highest BCUT2D eigenvalue weighted by Crippen LogP contribution is 2.34. The lowest BCUT2D eigenvalue weighted by Gasteiger charge is -2.24. The number of carbonyl (C=O) groups excluding carboxylic acids is 1. The maximum absolute atomic E-state index is 11.6. The molecule has 2 rings (SSSR count). The third-order valence-corrected chi connectivity index (χ3v) is 3.79. The normalized spacial score (nSPS) is 20.0. The second kappa shape index (κ2) is 6.42. The molecule has 0 bridgehead atoms. The first-order valence-corrected chi connectivity index (χ1v) is 6.83. The van der Waals surface area contributed by atoms with Crippen molar-refractivity contribution in [2.45, 2.75) is 12.5 Å². The van der Waals surface area contributed by atoms with Crippen molar-refractivity contribution in [2.24, 2.45) is 5.92 Å². The Labute approximate surface area is 122 Å². The molecule has 5 heteroatoms. The summed E-state index contributed by atoms with van der Waals surface area (Å²) in [5, 5.41) is 4.10. The molecule has 0 saturated carbocycles. The minimum atomic E-state index is -0.229. The van der Waals surface area contributed by atoms with E-state index in [2.05, 4.69) is 11.9 Å². The number of ether oxygens (including phenoxy) is 1. The van der Waals surface area contributed by atoms with E-state index in [1.54, 1.807) is 18.2 Å². The van der Waals surface area contributed by atoms with Crippen LogP contribution in [0.4, 0.5) is 0 Å². The van der Waals surface area contributed by atoms with Gasteiger partial charge in [-0.1, -0.05) is 29.8 Å². The van der Waals surface area contributed by atoms with Crippen molar-refractivity contribution >= 4 is 29.1 Å². The molecule has 0 unspecified atom stereocenters. The van der Waals surface area contributed by atoms with E-state index in [0.717, 1.165) is 12.0 Å². The average Bonchev–Trinajstić information content (AvgIpc) is 2.92. The van der Waals surface area contributed by atoms with Crippen molar-refractivity contribution in [2.75, 3.05) is 13.2 Å². The van der Waals surface area contributed by atoms with Crippen LogP contribution in [-0.4, -0.2) is 19.1 Å². The molecule has 0 aliphatic carbocycles. The summed E-state index contributed by atoms with van der Waals surface area (Å²) in [5.41, 5.74) is 0.819. The lowest BCUT2D eigenvalue weighted by Crippen LogP contribution is -2.32. The first-order valence-electron chi connectivity index (χ1n) is 6.07. The van der Waals surface area contributed by atoms with Crippen molar-refractivity contribution in [1.29, 1.82) is 0 Å². The summed E-state index contributed by atoms with van der Waals surface area (Å²) < 4.78 is 5.39. The fraction of sp³-hybridized carbons (Fsp3) is 0.357. The molecule has 1 amide bonds. The number of benzene rings is 1.